The molecule has 0 amide bonds. The van der Waals surface area contributed by atoms with Gasteiger partial charge in [-0.2, -0.15) is 4.98 Å². The third kappa shape index (κ3) is 4.80. The van der Waals surface area contributed by atoms with Crippen LogP contribution in [-0.4, -0.2) is 16.5 Å². The predicted molar refractivity (Wildman–Crippen MR) is 104 cm³/mol. The zero-order valence-corrected chi connectivity index (χ0v) is 14.8. The third-order valence-electron chi connectivity index (χ3n) is 4.13. The number of nitrogens with one attached hydrogen (secondary N) is 1. The Hall–Kier alpha value is -2.88. The minimum Gasteiger partial charge on any atom is -0.352 e. The minimum atomic E-state index is 0.657. The molecule has 0 fully saturated rings. The van der Waals surface area contributed by atoms with Gasteiger partial charge in [0.1, 0.15) is 5.82 Å². The second kappa shape index (κ2) is 8.29. The van der Waals surface area contributed by atoms with Crippen molar-refractivity contribution in [3.63, 3.8) is 0 Å². The Morgan fingerprint density at radius 3 is 2.40 bits per heavy atom. The molecule has 128 valence electrons. The molecule has 0 aliphatic rings. The standard InChI is InChI=1S/C21H24N4/c1-3-25(16-19-7-5-4-6-8-19)20-13-14-22-21(24-20)23-15-18-11-9-17(2)10-12-18/h4-14H,3,15-16H2,1-2H3,(H,22,23,24). The lowest BCUT2D eigenvalue weighted by atomic mass is 10.1. The summed E-state index contributed by atoms with van der Waals surface area (Å²) in [7, 11) is 0. The molecule has 3 rings (SSSR count). The van der Waals surface area contributed by atoms with Gasteiger partial charge in [0.15, 0.2) is 0 Å². The average molecular weight is 332 g/mol. The Balaban J connectivity index is 1.68. The van der Waals surface area contributed by atoms with Gasteiger partial charge in [0.2, 0.25) is 5.95 Å². The molecule has 0 radical (unpaired) electrons. The van der Waals surface area contributed by atoms with Gasteiger partial charge in [0, 0.05) is 25.8 Å². The number of benzene rings is 2. The largest absolute Gasteiger partial charge is 0.352 e. The van der Waals surface area contributed by atoms with E-state index in [0.29, 0.717) is 12.5 Å². The maximum atomic E-state index is 4.68. The minimum absolute atomic E-state index is 0.657. The lowest BCUT2D eigenvalue weighted by Gasteiger charge is -2.22. The molecule has 2 aromatic carbocycles. The lowest BCUT2D eigenvalue weighted by Crippen LogP contribution is -2.23. The lowest BCUT2D eigenvalue weighted by molar-refractivity contribution is 0.810. The Morgan fingerprint density at radius 2 is 1.68 bits per heavy atom. The van der Waals surface area contributed by atoms with Crippen LogP contribution in [-0.2, 0) is 13.1 Å². The quantitative estimate of drug-likeness (QED) is 0.695. The van der Waals surface area contributed by atoms with Crippen molar-refractivity contribution in [3.05, 3.63) is 83.6 Å². The maximum Gasteiger partial charge on any atom is 0.224 e. The van der Waals surface area contributed by atoms with E-state index in [1.165, 1.54) is 16.7 Å². The molecular formula is C21H24N4. The first-order chi connectivity index (χ1) is 12.2. The van der Waals surface area contributed by atoms with Crippen molar-refractivity contribution in [2.45, 2.75) is 26.9 Å². The molecule has 25 heavy (non-hydrogen) atoms. The van der Waals surface area contributed by atoms with E-state index in [1.54, 1.807) is 0 Å². The van der Waals surface area contributed by atoms with Gasteiger partial charge in [0.05, 0.1) is 0 Å². The monoisotopic (exact) mass is 332 g/mol. The molecule has 0 aliphatic carbocycles. The number of hydrogen-bond acceptors (Lipinski definition) is 4. The van der Waals surface area contributed by atoms with Crippen LogP contribution >= 0.6 is 0 Å². The van der Waals surface area contributed by atoms with Crippen molar-refractivity contribution >= 4 is 11.8 Å². The van der Waals surface area contributed by atoms with E-state index >= 15 is 0 Å². The number of anilines is 2. The SMILES string of the molecule is CCN(Cc1ccccc1)c1ccnc(NCc2ccc(C)cc2)n1. The molecule has 1 N–H and O–H groups in total. The van der Waals surface area contributed by atoms with Gasteiger partial charge in [-0.3, -0.25) is 0 Å². The fourth-order valence-corrected chi connectivity index (χ4v) is 2.66. The summed E-state index contributed by atoms with van der Waals surface area (Å²) >= 11 is 0. The van der Waals surface area contributed by atoms with Crippen LogP contribution < -0.4 is 10.2 Å². The van der Waals surface area contributed by atoms with Crippen LogP contribution in [0, 0.1) is 6.92 Å². The molecule has 3 aromatic rings. The highest BCUT2D eigenvalue weighted by Crippen LogP contribution is 2.16. The van der Waals surface area contributed by atoms with Gasteiger partial charge in [-0.1, -0.05) is 60.2 Å². The first-order valence-corrected chi connectivity index (χ1v) is 8.66. The van der Waals surface area contributed by atoms with E-state index in [2.05, 4.69) is 82.6 Å². The summed E-state index contributed by atoms with van der Waals surface area (Å²) in [6.45, 7) is 6.68. The van der Waals surface area contributed by atoms with E-state index in [0.717, 1.165) is 18.9 Å². The molecule has 0 saturated heterocycles. The molecule has 0 bridgehead atoms. The molecule has 0 spiro atoms. The zero-order chi connectivity index (χ0) is 17.5. The van der Waals surface area contributed by atoms with Crippen LogP contribution in [0.3, 0.4) is 0 Å². The number of rotatable bonds is 7. The van der Waals surface area contributed by atoms with Gasteiger partial charge < -0.3 is 10.2 Å². The van der Waals surface area contributed by atoms with Crippen LogP contribution in [0.15, 0.2) is 66.9 Å². The third-order valence-corrected chi connectivity index (χ3v) is 4.13. The number of aryl methyl sites for hydroxylation is 1. The van der Waals surface area contributed by atoms with Crippen molar-refractivity contribution in [2.24, 2.45) is 0 Å². The van der Waals surface area contributed by atoms with Crippen LogP contribution in [0.1, 0.15) is 23.6 Å². The van der Waals surface area contributed by atoms with Gasteiger partial charge >= 0.3 is 0 Å². The van der Waals surface area contributed by atoms with Crippen LogP contribution in [0.2, 0.25) is 0 Å². The van der Waals surface area contributed by atoms with Crippen molar-refractivity contribution in [1.82, 2.24) is 9.97 Å². The highest BCUT2D eigenvalue weighted by atomic mass is 15.2. The van der Waals surface area contributed by atoms with Gasteiger partial charge in [-0.15, -0.1) is 0 Å². The van der Waals surface area contributed by atoms with Crippen LogP contribution in [0.25, 0.3) is 0 Å². The van der Waals surface area contributed by atoms with Gasteiger partial charge in [0.25, 0.3) is 0 Å². The number of hydrogen-bond donors (Lipinski definition) is 1. The van der Waals surface area contributed by atoms with Gasteiger partial charge in [-0.25, -0.2) is 4.98 Å². The Bertz CT molecular complexity index is 785. The zero-order valence-electron chi connectivity index (χ0n) is 14.8. The molecule has 4 nitrogen and oxygen atoms in total. The van der Waals surface area contributed by atoms with Crippen LogP contribution in [0.5, 0.6) is 0 Å². The van der Waals surface area contributed by atoms with E-state index in [9.17, 15) is 0 Å². The highest BCUT2D eigenvalue weighted by Gasteiger charge is 2.08. The Kier molecular flexibility index (Phi) is 5.62. The van der Waals surface area contributed by atoms with E-state index in [4.69, 9.17) is 0 Å². The topological polar surface area (TPSA) is 41.1 Å². The summed E-state index contributed by atoms with van der Waals surface area (Å²) in [5.74, 6) is 1.59. The maximum absolute atomic E-state index is 4.68. The first-order valence-electron chi connectivity index (χ1n) is 8.66. The summed E-state index contributed by atoms with van der Waals surface area (Å²) < 4.78 is 0. The van der Waals surface area contributed by atoms with Crippen molar-refractivity contribution < 1.29 is 0 Å². The Morgan fingerprint density at radius 1 is 0.920 bits per heavy atom. The molecule has 1 heterocycles. The molecule has 0 saturated carbocycles. The molecule has 0 unspecified atom stereocenters. The summed E-state index contributed by atoms with van der Waals surface area (Å²) in [6.07, 6.45) is 1.81. The predicted octanol–water partition coefficient (Wildman–Crippen LogP) is 4.42. The van der Waals surface area contributed by atoms with E-state index < -0.39 is 0 Å². The summed E-state index contributed by atoms with van der Waals surface area (Å²) in [6, 6.07) is 20.9. The summed E-state index contributed by atoms with van der Waals surface area (Å²) in [5, 5.41) is 3.31. The fourth-order valence-electron chi connectivity index (χ4n) is 2.66. The number of aromatic nitrogens is 2. The summed E-state index contributed by atoms with van der Waals surface area (Å²) in [5.41, 5.74) is 3.76. The molecule has 1 aromatic heterocycles. The normalized spacial score (nSPS) is 10.5. The highest BCUT2D eigenvalue weighted by molar-refractivity contribution is 5.43. The average Bonchev–Trinajstić information content (AvgIpc) is 2.67. The van der Waals surface area contributed by atoms with Gasteiger partial charge in [-0.05, 0) is 31.0 Å². The van der Waals surface area contributed by atoms with Crippen molar-refractivity contribution in [3.8, 4) is 0 Å². The first kappa shape index (κ1) is 17.0. The Labute approximate surface area is 149 Å². The smallest absolute Gasteiger partial charge is 0.224 e. The second-order valence-corrected chi connectivity index (χ2v) is 6.08. The van der Waals surface area contributed by atoms with Crippen molar-refractivity contribution in [2.75, 3.05) is 16.8 Å². The molecular weight excluding hydrogens is 308 g/mol. The van der Waals surface area contributed by atoms with Crippen molar-refractivity contribution in [1.29, 1.82) is 0 Å². The molecule has 4 heteroatoms. The van der Waals surface area contributed by atoms with E-state index in [1.807, 2.05) is 18.3 Å². The summed E-state index contributed by atoms with van der Waals surface area (Å²) in [4.78, 5) is 11.3. The molecule has 0 atom stereocenters. The van der Waals surface area contributed by atoms with Crippen LogP contribution in [0.4, 0.5) is 11.8 Å². The second-order valence-electron chi connectivity index (χ2n) is 6.08. The molecule has 0 aliphatic heterocycles. The fraction of sp³-hybridized carbons (Fsp3) is 0.238. The number of nitrogens with zero attached hydrogens (tertiary/aromatic N) is 3. The van der Waals surface area contributed by atoms with E-state index in [-0.39, 0.29) is 0 Å².